The van der Waals surface area contributed by atoms with E-state index in [1.54, 1.807) is 14.1 Å². The van der Waals surface area contributed by atoms with Gasteiger partial charge >= 0.3 is 0 Å². The number of hydrogen-bond donors (Lipinski definition) is 2. The van der Waals surface area contributed by atoms with Gasteiger partial charge in [0, 0.05) is 33.4 Å². The predicted molar refractivity (Wildman–Crippen MR) is 97.8 cm³/mol. The van der Waals surface area contributed by atoms with Crippen molar-refractivity contribution in [3.63, 3.8) is 0 Å². The maximum atomic E-state index is 11.8. The minimum Gasteiger partial charge on any atom is -0.376 e. The second kappa shape index (κ2) is 8.61. The lowest BCUT2D eigenvalue weighted by molar-refractivity contribution is -0.127. The number of carbonyl (C=O) groups excluding carboxylic acids is 1. The first-order valence-corrected chi connectivity index (χ1v) is 8.76. The summed E-state index contributed by atoms with van der Waals surface area (Å²) >= 11 is 0. The predicted octanol–water partition coefficient (Wildman–Crippen LogP) is 0.0317. The van der Waals surface area contributed by atoms with Gasteiger partial charge in [0.1, 0.15) is 6.54 Å². The van der Waals surface area contributed by atoms with Gasteiger partial charge < -0.3 is 20.3 Å². The molecule has 1 aliphatic heterocycles. The number of hydrogen-bond acceptors (Lipinski definition) is 5. The minimum absolute atomic E-state index is 0.0236. The van der Waals surface area contributed by atoms with E-state index in [4.69, 9.17) is 4.74 Å². The van der Waals surface area contributed by atoms with Gasteiger partial charge in [-0.05, 0) is 25.0 Å². The molecule has 0 saturated carbocycles. The highest BCUT2D eigenvalue weighted by molar-refractivity contribution is 5.86. The molecule has 26 heavy (non-hydrogen) atoms. The number of nitrogens with zero attached hydrogens (tertiary/aromatic N) is 5. The summed E-state index contributed by atoms with van der Waals surface area (Å²) in [7, 11) is 3.45. The van der Waals surface area contributed by atoms with Crippen LogP contribution in [0.4, 0.5) is 0 Å². The van der Waals surface area contributed by atoms with Crippen molar-refractivity contribution in [2.45, 2.75) is 25.5 Å². The van der Waals surface area contributed by atoms with Crippen LogP contribution < -0.4 is 10.6 Å². The normalized spacial score (nSPS) is 17.5. The van der Waals surface area contributed by atoms with E-state index in [2.05, 4.69) is 25.8 Å². The molecule has 1 aliphatic rings. The Balaban J connectivity index is 1.65. The fourth-order valence-corrected chi connectivity index (χ4v) is 2.66. The molecule has 1 unspecified atom stereocenters. The zero-order valence-corrected chi connectivity index (χ0v) is 15.2. The van der Waals surface area contributed by atoms with Gasteiger partial charge in [0.15, 0.2) is 17.4 Å². The van der Waals surface area contributed by atoms with E-state index in [0.29, 0.717) is 19.0 Å². The number of guanidine groups is 1. The first kappa shape index (κ1) is 18.1. The number of likely N-dealkylation sites (N-methyl/N-ethyl adjacent to an activating group) is 1. The van der Waals surface area contributed by atoms with E-state index in [-0.39, 0.29) is 18.6 Å². The number of aromatic nitrogens is 3. The number of ether oxygens (including phenoxy) is 1. The molecular formula is C17H25N7O2. The number of nitrogens with one attached hydrogen (secondary N) is 2. The highest BCUT2D eigenvalue weighted by atomic mass is 16.5. The topological polar surface area (TPSA) is 96.2 Å². The maximum Gasteiger partial charge on any atom is 0.241 e. The van der Waals surface area contributed by atoms with Gasteiger partial charge in [-0.2, -0.15) is 0 Å². The Morgan fingerprint density at radius 1 is 1.38 bits per heavy atom. The lowest BCUT2D eigenvalue weighted by Gasteiger charge is -2.16. The summed E-state index contributed by atoms with van der Waals surface area (Å²) in [5, 5.41) is 14.6. The van der Waals surface area contributed by atoms with E-state index in [0.717, 1.165) is 30.9 Å². The summed E-state index contributed by atoms with van der Waals surface area (Å²) < 4.78 is 7.52. The Hall–Kier alpha value is -2.68. The van der Waals surface area contributed by atoms with Gasteiger partial charge in [-0.15, -0.1) is 10.2 Å². The molecule has 1 amide bonds. The highest BCUT2D eigenvalue weighted by Crippen LogP contribution is 2.10. The second-order valence-corrected chi connectivity index (χ2v) is 6.37. The quantitative estimate of drug-likeness (QED) is 0.558. The molecule has 0 bridgehead atoms. The highest BCUT2D eigenvalue weighted by Gasteiger charge is 2.16. The van der Waals surface area contributed by atoms with Crippen molar-refractivity contribution in [3.05, 3.63) is 30.2 Å². The van der Waals surface area contributed by atoms with Gasteiger partial charge in [0.05, 0.1) is 12.6 Å². The Kier molecular flexibility index (Phi) is 6.00. The molecule has 1 saturated heterocycles. The summed E-state index contributed by atoms with van der Waals surface area (Å²) in [4.78, 5) is 17.9. The van der Waals surface area contributed by atoms with E-state index in [9.17, 15) is 4.79 Å². The average molecular weight is 359 g/mol. The molecule has 0 aliphatic carbocycles. The number of pyridine rings is 1. The lowest BCUT2D eigenvalue weighted by atomic mass is 10.2. The summed E-state index contributed by atoms with van der Waals surface area (Å²) in [5.74, 6) is 1.27. The van der Waals surface area contributed by atoms with Crippen LogP contribution in [-0.4, -0.2) is 71.3 Å². The fourth-order valence-electron chi connectivity index (χ4n) is 2.66. The molecule has 0 spiro atoms. The van der Waals surface area contributed by atoms with Crippen molar-refractivity contribution in [1.29, 1.82) is 0 Å². The summed E-state index contributed by atoms with van der Waals surface area (Å²) in [6, 6.07) is 5.74. The van der Waals surface area contributed by atoms with Gasteiger partial charge in [0.25, 0.3) is 0 Å². The SMILES string of the molecule is CN(C)C(=O)CNC(=NCc1nnc2ccccn12)NCC1CCCO1. The van der Waals surface area contributed by atoms with Gasteiger partial charge in [0.2, 0.25) is 5.91 Å². The number of amides is 1. The fraction of sp³-hybridized carbons (Fsp3) is 0.529. The number of carbonyl (C=O) groups is 1. The van der Waals surface area contributed by atoms with Crippen LogP contribution in [0.2, 0.25) is 0 Å². The zero-order chi connectivity index (χ0) is 18.4. The summed E-state index contributed by atoms with van der Waals surface area (Å²) in [6.07, 6.45) is 4.20. The molecule has 2 aromatic rings. The second-order valence-electron chi connectivity index (χ2n) is 6.37. The standard InChI is InChI=1S/C17H25N7O2/c1-23(2)16(25)12-20-17(18-10-13-6-5-9-26-13)19-11-15-22-21-14-7-3-4-8-24(14)15/h3-4,7-8,13H,5-6,9-12H2,1-2H3,(H2,18,19,20). The Bertz CT molecular complexity index is 765. The van der Waals surface area contributed by atoms with Crippen LogP contribution >= 0.6 is 0 Å². The smallest absolute Gasteiger partial charge is 0.241 e. The lowest BCUT2D eigenvalue weighted by Crippen LogP contribution is -2.45. The van der Waals surface area contributed by atoms with Crippen LogP contribution in [0.3, 0.4) is 0 Å². The Morgan fingerprint density at radius 2 is 2.27 bits per heavy atom. The summed E-state index contributed by atoms with van der Waals surface area (Å²) in [5.41, 5.74) is 0.780. The van der Waals surface area contributed by atoms with Crippen molar-refractivity contribution < 1.29 is 9.53 Å². The number of rotatable bonds is 6. The Labute approximate surface area is 152 Å². The average Bonchev–Trinajstić information content (AvgIpc) is 3.30. The van der Waals surface area contributed by atoms with Crippen LogP contribution in [0.5, 0.6) is 0 Å². The first-order chi connectivity index (χ1) is 12.6. The number of fused-ring (bicyclic) bond motifs is 1. The molecule has 1 atom stereocenters. The molecule has 3 rings (SSSR count). The largest absolute Gasteiger partial charge is 0.376 e. The maximum absolute atomic E-state index is 11.8. The van der Waals surface area contributed by atoms with Gasteiger partial charge in [-0.3, -0.25) is 9.20 Å². The third-order valence-corrected chi connectivity index (χ3v) is 4.19. The minimum atomic E-state index is -0.0236. The van der Waals surface area contributed by atoms with Crippen molar-refractivity contribution in [3.8, 4) is 0 Å². The van der Waals surface area contributed by atoms with Crippen LogP contribution in [-0.2, 0) is 16.1 Å². The van der Waals surface area contributed by atoms with Crippen molar-refractivity contribution in [2.75, 3.05) is 33.8 Å². The number of aliphatic imine (C=N–C) groups is 1. The van der Waals surface area contributed by atoms with Crippen molar-refractivity contribution in [2.24, 2.45) is 4.99 Å². The molecule has 140 valence electrons. The zero-order valence-electron chi connectivity index (χ0n) is 15.2. The molecule has 0 aromatic carbocycles. The monoisotopic (exact) mass is 359 g/mol. The van der Waals surface area contributed by atoms with Gasteiger partial charge in [-0.1, -0.05) is 6.07 Å². The molecule has 0 radical (unpaired) electrons. The van der Waals surface area contributed by atoms with Crippen molar-refractivity contribution >= 4 is 17.5 Å². The third kappa shape index (κ3) is 4.69. The van der Waals surface area contributed by atoms with Gasteiger partial charge in [-0.25, -0.2) is 4.99 Å². The molecule has 9 heteroatoms. The van der Waals surface area contributed by atoms with E-state index in [1.807, 2.05) is 28.8 Å². The summed E-state index contributed by atoms with van der Waals surface area (Å²) in [6.45, 7) is 1.98. The Morgan fingerprint density at radius 3 is 3.04 bits per heavy atom. The van der Waals surface area contributed by atoms with E-state index >= 15 is 0 Å². The van der Waals surface area contributed by atoms with E-state index in [1.165, 1.54) is 4.90 Å². The molecular weight excluding hydrogens is 334 g/mol. The molecule has 2 aromatic heterocycles. The van der Waals surface area contributed by atoms with Crippen molar-refractivity contribution in [1.82, 2.24) is 30.1 Å². The van der Waals surface area contributed by atoms with Crippen LogP contribution in [0.25, 0.3) is 5.65 Å². The van der Waals surface area contributed by atoms with Crippen LogP contribution in [0.1, 0.15) is 18.7 Å². The van der Waals surface area contributed by atoms with Crippen LogP contribution in [0, 0.1) is 0 Å². The van der Waals surface area contributed by atoms with Crippen LogP contribution in [0.15, 0.2) is 29.4 Å². The first-order valence-electron chi connectivity index (χ1n) is 8.76. The third-order valence-electron chi connectivity index (χ3n) is 4.19. The molecule has 9 nitrogen and oxygen atoms in total. The van der Waals surface area contributed by atoms with E-state index < -0.39 is 0 Å². The molecule has 3 heterocycles. The molecule has 2 N–H and O–H groups in total. The molecule has 1 fully saturated rings.